The summed E-state index contributed by atoms with van der Waals surface area (Å²) in [6.07, 6.45) is 1.38. The fraction of sp³-hybridized carbons (Fsp3) is 0.316. The van der Waals surface area contributed by atoms with E-state index in [0.29, 0.717) is 12.0 Å². The van der Waals surface area contributed by atoms with E-state index in [9.17, 15) is 9.90 Å². The second-order valence-corrected chi connectivity index (χ2v) is 6.34. The zero-order valence-corrected chi connectivity index (χ0v) is 14.6. The zero-order chi connectivity index (χ0) is 18.0. The van der Waals surface area contributed by atoms with Crippen molar-refractivity contribution in [2.45, 2.75) is 32.4 Å². The molecule has 2 N–H and O–H groups in total. The van der Waals surface area contributed by atoms with Crippen LogP contribution in [0.1, 0.15) is 41.1 Å². The smallest absolute Gasteiger partial charge is 0.253 e. The lowest BCUT2D eigenvalue weighted by Gasteiger charge is -2.18. The second-order valence-electron chi connectivity index (χ2n) is 6.34. The number of nitrogens with one attached hydrogen (secondary N) is 1. The van der Waals surface area contributed by atoms with Gasteiger partial charge in [-0.2, -0.15) is 5.10 Å². The highest BCUT2D eigenvalue weighted by atomic mass is 16.3. The van der Waals surface area contributed by atoms with Crippen LogP contribution in [-0.4, -0.2) is 31.8 Å². The number of fused-ring (bicyclic) bond motifs is 1. The maximum absolute atomic E-state index is 12.5. The van der Waals surface area contributed by atoms with Crippen molar-refractivity contribution in [3.05, 3.63) is 59.4 Å². The molecule has 3 rings (SSSR count). The van der Waals surface area contributed by atoms with Crippen LogP contribution in [-0.2, 0) is 7.05 Å². The van der Waals surface area contributed by atoms with E-state index in [1.807, 2.05) is 51.2 Å². The van der Waals surface area contributed by atoms with Crippen molar-refractivity contribution < 1.29 is 9.90 Å². The molecule has 2 aromatic heterocycles. The number of nitrogens with zero attached hydrogens (tertiary/aromatic N) is 3. The Morgan fingerprint density at radius 2 is 2.04 bits per heavy atom. The van der Waals surface area contributed by atoms with Crippen molar-refractivity contribution in [3.8, 4) is 0 Å². The molecule has 2 atom stereocenters. The summed E-state index contributed by atoms with van der Waals surface area (Å²) < 4.78 is 1.70. The predicted molar refractivity (Wildman–Crippen MR) is 96.2 cm³/mol. The van der Waals surface area contributed by atoms with Crippen molar-refractivity contribution in [2.75, 3.05) is 0 Å². The lowest BCUT2D eigenvalue weighted by Crippen LogP contribution is -2.33. The Balaban J connectivity index is 1.68. The van der Waals surface area contributed by atoms with Gasteiger partial charge in [-0.15, -0.1) is 0 Å². The molecule has 130 valence electrons. The minimum absolute atomic E-state index is 0.173. The summed E-state index contributed by atoms with van der Waals surface area (Å²) in [6, 6.07) is 11.1. The molecular weight excluding hydrogens is 316 g/mol. The Bertz CT molecular complexity index is 889. The number of benzene rings is 1. The molecule has 1 amide bonds. The molecule has 0 aliphatic carbocycles. The molecule has 2 unspecified atom stereocenters. The van der Waals surface area contributed by atoms with E-state index in [0.717, 1.165) is 22.3 Å². The quantitative estimate of drug-likeness (QED) is 0.749. The third kappa shape index (κ3) is 3.69. The van der Waals surface area contributed by atoms with Crippen LogP contribution >= 0.6 is 0 Å². The van der Waals surface area contributed by atoms with Gasteiger partial charge in [0.05, 0.1) is 17.4 Å². The number of pyridine rings is 1. The van der Waals surface area contributed by atoms with Gasteiger partial charge in [0.1, 0.15) is 0 Å². The van der Waals surface area contributed by atoms with Crippen LogP contribution in [0.5, 0.6) is 0 Å². The fourth-order valence-corrected chi connectivity index (χ4v) is 2.94. The number of rotatable bonds is 5. The van der Waals surface area contributed by atoms with Crippen molar-refractivity contribution >= 4 is 16.9 Å². The highest BCUT2D eigenvalue weighted by molar-refractivity contribution is 5.97. The van der Waals surface area contributed by atoms with E-state index in [1.165, 1.54) is 0 Å². The van der Waals surface area contributed by atoms with E-state index >= 15 is 0 Å². The summed E-state index contributed by atoms with van der Waals surface area (Å²) in [6.45, 7) is 3.77. The van der Waals surface area contributed by atoms with Gasteiger partial charge in [-0.3, -0.25) is 9.48 Å². The molecule has 6 nitrogen and oxygen atoms in total. The lowest BCUT2D eigenvalue weighted by atomic mass is 10.0. The molecule has 25 heavy (non-hydrogen) atoms. The number of aryl methyl sites for hydroxylation is 2. The standard InChI is InChI=1S/C19H22N4O2/c1-12(9-17(24)14-7-5-4-6-8-14)21-19(25)15-10-16-13(2)22-23(3)18(16)20-11-15/h4-8,10-12,17,24H,9H2,1-3H3,(H,21,25). The summed E-state index contributed by atoms with van der Waals surface area (Å²) in [4.78, 5) is 16.8. The van der Waals surface area contributed by atoms with Gasteiger partial charge in [-0.25, -0.2) is 4.98 Å². The molecule has 6 heteroatoms. The Hall–Kier alpha value is -2.73. The van der Waals surface area contributed by atoms with Crippen LogP contribution in [0.15, 0.2) is 42.6 Å². The number of aliphatic hydroxyl groups is 1. The fourth-order valence-electron chi connectivity index (χ4n) is 2.94. The summed E-state index contributed by atoms with van der Waals surface area (Å²) in [5.74, 6) is -0.203. The monoisotopic (exact) mass is 338 g/mol. The Labute approximate surface area is 146 Å². The molecule has 0 saturated carbocycles. The van der Waals surface area contributed by atoms with Crippen LogP contribution < -0.4 is 5.32 Å². The van der Waals surface area contributed by atoms with Crippen LogP contribution in [0.25, 0.3) is 11.0 Å². The van der Waals surface area contributed by atoms with Gasteiger partial charge in [0.15, 0.2) is 5.65 Å². The number of hydrogen-bond donors (Lipinski definition) is 2. The molecule has 0 fully saturated rings. The normalized spacial score (nSPS) is 13.6. The molecule has 2 heterocycles. The SMILES string of the molecule is Cc1nn(C)c2ncc(C(=O)NC(C)CC(O)c3ccccc3)cc12. The molecule has 0 bridgehead atoms. The first-order valence-electron chi connectivity index (χ1n) is 8.29. The van der Waals surface area contributed by atoms with Gasteiger partial charge < -0.3 is 10.4 Å². The second kappa shape index (κ2) is 7.03. The Morgan fingerprint density at radius 1 is 1.32 bits per heavy atom. The van der Waals surface area contributed by atoms with Gasteiger partial charge in [0, 0.05) is 24.7 Å². The molecule has 0 radical (unpaired) electrons. The first-order chi connectivity index (χ1) is 12.0. The number of hydrogen-bond acceptors (Lipinski definition) is 4. The minimum Gasteiger partial charge on any atom is -0.388 e. The van der Waals surface area contributed by atoms with Gasteiger partial charge >= 0.3 is 0 Å². The molecule has 0 aliphatic heterocycles. The van der Waals surface area contributed by atoms with E-state index in [-0.39, 0.29) is 11.9 Å². The van der Waals surface area contributed by atoms with Crippen LogP contribution in [0.4, 0.5) is 0 Å². The van der Waals surface area contributed by atoms with Crippen molar-refractivity contribution in [2.24, 2.45) is 7.05 Å². The van der Waals surface area contributed by atoms with Crippen LogP contribution in [0, 0.1) is 6.92 Å². The summed E-state index contributed by atoms with van der Waals surface area (Å²) in [5, 5.41) is 18.4. The van der Waals surface area contributed by atoms with Crippen molar-refractivity contribution in [3.63, 3.8) is 0 Å². The third-order valence-corrected chi connectivity index (χ3v) is 4.26. The van der Waals surface area contributed by atoms with Gasteiger partial charge in [-0.05, 0) is 31.9 Å². The average Bonchev–Trinajstić information content (AvgIpc) is 2.89. The summed E-state index contributed by atoms with van der Waals surface area (Å²) in [5.41, 5.74) is 2.93. The first-order valence-corrected chi connectivity index (χ1v) is 8.29. The summed E-state index contributed by atoms with van der Waals surface area (Å²) in [7, 11) is 1.83. The first kappa shape index (κ1) is 17.1. The zero-order valence-electron chi connectivity index (χ0n) is 14.6. The van der Waals surface area contributed by atoms with E-state index < -0.39 is 6.10 Å². The van der Waals surface area contributed by atoms with E-state index in [4.69, 9.17) is 0 Å². The molecule has 1 aromatic carbocycles. The number of carbonyl (C=O) groups excluding carboxylic acids is 1. The minimum atomic E-state index is -0.613. The van der Waals surface area contributed by atoms with E-state index in [1.54, 1.807) is 16.9 Å². The van der Waals surface area contributed by atoms with Crippen LogP contribution in [0.2, 0.25) is 0 Å². The highest BCUT2D eigenvalue weighted by Gasteiger charge is 2.17. The largest absolute Gasteiger partial charge is 0.388 e. The molecule has 0 spiro atoms. The maximum atomic E-state index is 12.5. The topological polar surface area (TPSA) is 80.0 Å². The average molecular weight is 338 g/mol. The van der Waals surface area contributed by atoms with Gasteiger partial charge in [0.2, 0.25) is 0 Å². The maximum Gasteiger partial charge on any atom is 0.253 e. The number of aliphatic hydroxyl groups excluding tert-OH is 1. The number of carbonyl (C=O) groups is 1. The Kier molecular flexibility index (Phi) is 4.81. The Morgan fingerprint density at radius 3 is 2.76 bits per heavy atom. The van der Waals surface area contributed by atoms with E-state index in [2.05, 4.69) is 15.4 Å². The van der Waals surface area contributed by atoms with Crippen molar-refractivity contribution in [1.29, 1.82) is 0 Å². The molecule has 0 saturated heterocycles. The molecule has 0 aliphatic rings. The van der Waals surface area contributed by atoms with Gasteiger partial charge in [-0.1, -0.05) is 30.3 Å². The lowest BCUT2D eigenvalue weighted by molar-refractivity contribution is 0.0917. The molecular formula is C19H22N4O2. The molecule has 3 aromatic rings. The van der Waals surface area contributed by atoms with Gasteiger partial charge in [0.25, 0.3) is 5.91 Å². The summed E-state index contributed by atoms with van der Waals surface area (Å²) >= 11 is 0. The third-order valence-electron chi connectivity index (χ3n) is 4.26. The number of amides is 1. The van der Waals surface area contributed by atoms with Crippen molar-refractivity contribution in [1.82, 2.24) is 20.1 Å². The highest BCUT2D eigenvalue weighted by Crippen LogP contribution is 2.19. The predicted octanol–water partition coefficient (Wildman–Crippen LogP) is 2.52. The van der Waals surface area contributed by atoms with Crippen LogP contribution in [0.3, 0.4) is 0 Å². The number of aromatic nitrogens is 3.